The Kier molecular flexibility index (Phi) is 4.24. The molecule has 1 aromatic rings. The second-order valence-corrected chi connectivity index (χ2v) is 6.59. The van der Waals surface area contributed by atoms with Gasteiger partial charge in [0.05, 0.1) is 6.61 Å². The fourth-order valence-corrected chi connectivity index (χ4v) is 3.64. The molecule has 0 saturated heterocycles. The van der Waals surface area contributed by atoms with Crippen molar-refractivity contribution in [3.05, 3.63) is 9.88 Å². The Morgan fingerprint density at radius 1 is 1.25 bits per heavy atom. The molecule has 2 saturated carbocycles. The molecule has 110 valence electrons. The number of carbonyl (C=O) groups is 1. The smallest absolute Gasteiger partial charge is 0.353 e. The molecule has 0 N–H and O–H groups in total. The van der Waals surface area contributed by atoms with Gasteiger partial charge in [0.15, 0.2) is 4.88 Å². The van der Waals surface area contributed by atoms with Crippen molar-refractivity contribution < 1.29 is 14.3 Å². The van der Waals surface area contributed by atoms with Gasteiger partial charge in [-0.05, 0) is 45.4 Å². The molecule has 2 aliphatic rings. The van der Waals surface area contributed by atoms with E-state index in [2.05, 4.69) is 4.98 Å². The van der Waals surface area contributed by atoms with E-state index in [0.29, 0.717) is 23.3 Å². The molecule has 0 spiro atoms. The SMILES string of the molecule is CCOC(=O)c1sc(C2CC2)nc1OC1CCCCC1. The van der Waals surface area contributed by atoms with Gasteiger partial charge in [0, 0.05) is 5.92 Å². The van der Waals surface area contributed by atoms with E-state index in [1.165, 1.54) is 43.4 Å². The Bertz CT molecular complexity index is 475. The van der Waals surface area contributed by atoms with Gasteiger partial charge in [-0.1, -0.05) is 6.42 Å². The second kappa shape index (κ2) is 6.12. The number of nitrogens with zero attached hydrogens (tertiary/aromatic N) is 1. The maximum absolute atomic E-state index is 12.0. The van der Waals surface area contributed by atoms with Crippen LogP contribution in [-0.2, 0) is 4.74 Å². The van der Waals surface area contributed by atoms with Crippen molar-refractivity contribution in [1.29, 1.82) is 0 Å². The highest BCUT2D eigenvalue weighted by molar-refractivity contribution is 7.14. The number of carbonyl (C=O) groups excluding carboxylic acids is 1. The van der Waals surface area contributed by atoms with Crippen molar-refractivity contribution in [1.82, 2.24) is 4.98 Å². The van der Waals surface area contributed by atoms with Gasteiger partial charge in [-0.25, -0.2) is 9.78 Å². The molecule has 20 heavy (non-hydrogen) atoms. The summed E-state index contributed by atoms with van der Waals surface area (Å²) in [6, 6.07) is 0. The predicted octanol–water partition coefficient (Wildman–Crippen LogP) is 3.91. The molecule has 0 radical (unpaired) electrons. The van der Waals surface area contributed by atoms with Crippen LogP contribution in [-0.4, -0.2) is 23.7 Å². The number of aromatic nitrogens is 1. The van der Waals surface area contributed by atoms with Gasteiger partial charge < -0.3 is 9.47 Å². The van der Waals surface area contributed by atoms with Gasteiger partial charge in [-0.3, -0.25) is 0 Å². The summed E-state index contributed by atoms with van der Waals surface area (Å²) in [5.74, 6) is 0.766. The fourth-order valence-electron chi connectivity index (χ4n) is 2.57. The largest absolute Gasteiger partial charge is 0.473 e. The van der Waals surface area contributed by atoms with E-state index in [1.54, 1.807) is 0 Å². The lowest BCUT2D eigenvalue weighted by Gasteiger charge is -2.22. The number of hydrogen-bond acceptors (Lipinski definition) is 5. The fraction of sp³-hybridized carbons (Fsp3) is 0.733. The monoisotopic (exact) mass is 295 g/mol. The standard InChI is InChI=1S/C15H21NO3S/c1-2-18-15(17)12-13(16-14(20-12)10-8-9-10)19-11-6-4-3-5-7-11/h10-11H,2-9H2,1H3. The van der Waals surface area contributed by atoms with Crippen LogP contribution >= 0.6 is 11.3 Å². The van der Waals surface area contributed by atoms with Crippen molar-refractivity contribution in [2.45, 2.75) is 63.9 Å². The number of hydrogen-bond donors (Lipinski definition) is 0. The minimum Gasteiger partial charge on any atom is -0.473 e. The quantitative estimate of drug-likeness (QED) is 0.773. The molecule has 0 bridgehead atoms. The van der Waals surface area contributed by atoms with Crippen LogP contribution in [0.3, 0.4) is 0 Å². The Morgan fingerprint density at radius 2 is 2.00 bits per heavy atom. The Morgan fingerprint density at radius 3 is 2.65 bits per heavy atom. The lowest BCUT2D eigenvalue weighted by Crippen LogP contribution is -2.21. The van der Waals surface area contributed by atoms with E-state index in [-0.39, 0.29) is 12.1 Å². The molecule has 1 aromatic heterocycles. The number of ether oxygens (including phenoxy) is 2. The molecule has 0 unspecified atom stereocenters. The molecular weight excluding hydrogens is 274 g/mol. The van der Waals surface area contributed by atoms with Crippen LogP contribution in [0.15, 0.2) is 0 Å². The highest BCUT2D eigenvalue weighted by Crippen LogP contribution is 2.44. The van der Waals surface area contributed by atoms with Crippen LogP contribution in [0.25, 0.3) is 0 Å². The Balaban J connectivity index is 1.77. The summed E-state index contributed by atoms with van der Waals surface area (Å²) in [5.41, 5.74) is 0. The molecule has 2 fully saturated rings. The summed E-state index contributed by atoms with van der Waals surface area (Å²) < 4.78 is 11.1. The molecule has 0 atom stereocenters. The van der Waals surface area contributed by atoms with Gasteiger partial charge in [-0.15, -0.1) is 11.3 Å². The van der Waals surface area contributed by atoms with Gasteiger partial charge in [0.25, 0.3) is 0 Å². The third-order valence-corrected chi connectivity index (χ3v) is 5.01. The normalized spacial score (nSPS) is 19.9. The first-order valence-electron chi connectivity index (χ1n) is 7.62. The van der Waals surface area contributed by atoms with E-state index in [9.17, 15) is 4.79 Å². The van der Waals surface area contributed by atoms with Gasteiger partial charge in [0.1, 0.15) is 11.1 Å². The molecule has 4 nitrogen and oxygen atoms in total. The summed E-state index contributed by atoms with van der Waals surface area (Å²) in [6.07, 6.45) is 8.41. The molecular formula is C15H21NO3S. The molecule has 2 aliphatic carbocycles. The van der Waals surface area contributed by atoms with Crippen LogP contribution in [0.5, 0.6) is 5.88 Å². The van der Waals surface area contributed by atoms with Gasteiger partial charge in [-0.2, -0.15) is 0 Å². The summed E-state index contributed by atoms with van der Waals surface area (Å²) in [5, 5.41) is 1.04. The van der Waals surface area contributed by atoms with Crippen LogP contribution in [0.1, 0.15) is 72.5 Å². The highest BCUT2D eigenvalue weighted by Gasteiger charge is 2.32. The number of esters is 1. The van der Waals surface area contributed by atoms with Crippen LogP contribution in [0, 0.1) is 0 Å². The highest BCUT2D eigenvalue weighted by atomic mass is 32.1. The van der Waals surface area contributed by atoms with E-state index in [0.717, 1.165) is 17.8 Å². The minimum absolute atomic E-state index is 0.214. The summed E-state index contributed by atoms with van der Waals surface area (Å²) >= 11 is 1.46. The maximum atomic E-state index is 12.0. The van der Waals surface area contributed by atoms with Crippen LogP contribution < -0.4 is 4.74 Å². The van der Waals surface area contributed by atoms with Crippen molar-refractivity contribution in [3.8, 4) is 5.88 Å². The average molecular weight is 295 g/mol. The third kappa shape index (κ3) is 3.14. The van der Waals surface area contributed by atoms with E-state index in [1.807, 2.05) is 6.92 Å². The topological polar surface area (TPSA) is 48.4 Å². The predicted molar refractivity (Wildman–Crippen MR) is 77.5 cm³/mol. The van der Waals surface area contributed by atoms with Crippen molar-refractivity contribution in [2.75, 3.05) is 6.61 Å². The Hall–Kier alpha value is -1.10. The zero-order valence-electron chi connectivity index (χ0n) is 11.9. The molecule has 0 aromatic carbocycles. The van der Waals surface area contributed by atoms with Crippen LogP contribution in [0.2, 0.25) is 0 Å². The van der Waals surface area contributed by atoms with E-state index < -0.39 is 0 Å². The van der Waals surface area contributed by atoms with E-state index in [4.69, 9.17) is 9.47 Å². The first-order valence-corrected chi connectivity index (χ1v) is 8.44. The summed E-state index contributed by atoms with van der Waals surface area (Å²) in [4.78, 5) is 17.2. The zero-order valence-corrected chi connectivity index (χ0v) is 12.7. The Labute approximate surface area is 123 Å². The van der Waals surface area contributed by atoms with Crippen molar-refractivity contribution >= 4 is 17.3 Å². The maximum Gasteiger partial charge on any atom is 0.353 e. The summed E-state index contributed by atoms with van der Waals surface area (Å²) in [6.45, 7) is 2.21. The molecule has 0 aliphatic heterocycles. The number of thiazole rings is 1. The molecule has 5 heteroatoms. The first kappa shape index (κ1) is 13.9. The molecule has 3 rings (SSSR count). The lowest BCUT2D eigenvalue weighted by molar-refractivity contribution is 0.0522. The van der Waals surface area contributed by atoms with Gasteiger partial charge >= 0.3 is 5.97 Å². The average Bonchev–Trinajstić information content (AvgIpc) is 3.22. The van der Waals surface area contributed by atoms with Gasteiger partial charge in [0.2, 0.25) is 5.88 Å². The van der Waals surface area contributed by atoms with Crippen LogP contribution in [0.4, 0.5) is 0 Å². The molecule has 0 amide bonds. The van der Waals surface area contributed by atoms with Crippen molar-refractivity contribution in [2.24, 2.45) is 0 Å². The molecule has 1 heterocycles. The number of rotatable bonds is 5. The van der Waals surface area contributed by atoms with E-state index >= 15 is 0 Å². The minimum atomic E-state index is -0.289. The third-order valence-electron chi connectivity index (χ3n) is 3.83. The lowest BCUT2D eigenvalue weighted by atomic mass is 9.98. The van der Waals surface area contributed by atoms with Crippen molar-refractivity contribution in [3.63, 3.8) is 0 Å². The zero-order chi connectivity index (χ0) is 13.9. The summed E-state index contributed by atoms with van der Waals surface area (Å²) in [7, 11) is 0. The second-order valence-electron chi connectivity index (χ2n) is 5.56. The first-order chi connectivity index (χ1) is 9.78.